The number of anilines is 1. The van der Waals surface area contributed by atoms with E-state index in [9.17, 15) is 13.2 Å². The minimum Gasteiger partial charge on any atom is -0.353 e. The lowest BCUT2D eigenvalue weighted by Crippen LogP contribution is -2.29. The van der Waals surface area contributed by atoms with Crippen molar-refractivity contribution in [1.29, 1.82) is 0 Å². The summed E-state index contributed by atoms with van der Waals surface area (Å²) in [7, 11) is -3.60. The highest BCUT2D eigenvalue weighted by Crippen LogP contribution is 2.32. The Morgan fingerprint density at radius 2 is 1.81 bits per heavy atom. The number of carbonyl (C=O) groups excluding carboxylic acids is 1. The maximum atomic E-state index is 13.1. The van der Waals surface area contributed by atoms with Crippen LogP contribution in [0.3, 0.4) is 0 Å². The third-order valence-electron chi connectivity index (χ3n) is 5.58. The number of hydrogen-bond acceptors (Lipinski definition) is 4. The van der Waals surface area contributed by atoms with E-state index in [-0.39, 0.29) is 10.8 Å². The number of sulfonamides is 1. The predicted octanol–water partition coefficient (Wildman–Crippen LogP) is 3.30. The van der Waals surface area contributed by atoms with E-state index in [1.165, 1.54) is 10.4 Å². The molecule has 0 aromatic heterocycles. The van der Waals surface area contributed by atoms with Gasteiger partial charge in [-0.05, 0) is 67.9 Å². The topological polar surface area (TPSA) is 69.7 Å². The second kappa shape index (κ2) is 10.6. The van der Waals surface area contributed by atoms with Crippen molar-refractivity contribution in [2.45, 2.75) is 31.6 Å². The average molecular weight is 442 g/mol. The van der Waals surface area contributed by atoms with Gasteiger partial charge < -0.3 is 10.2 Å². The van der Waals surface area contributed by atoms with Gasteiger partial charge in [-0.25, -0.2) is 8.42 Å². The van der Waals surface area contributed by atoms with Gasteiger partial charge in [-0.1, -0.05) is 44.2 Å². The fourth-order valence-electron chi connectivity index (χ4n) is 3.72. The van der Waals surface area contributed by atoms with Gasteiger partial charge in [0.25, 0.3) is 10.0 Å². The molecular weight excluding hydrogens is 410 g/mol. The summed E-state index contributed by atoms with van der Waals surface area (Å²) in [5.74, 6) is -0.148. The van der Waals surface area contributed by atoms with Crippen molar-refractivity contribution in [3.8, 4) is 0 Å². The van der Waals surface area contributed by atoms with Crippen LogP contribution in [0.2, 0.25) is 0 Å². The van der Waals surface area contributed by atoms with Crippen LogP contribution in [-0.2, 0) is 21.2 Å². The van der Waals surface area contributed by atoms with Crippen molar-refractivity contribution in [1.82, 2.24) is 10.2 Å². The quantitative estimate of drug-likeness (QED) is 0.454. The second-order valence-corrected chi connectivity index (χ2v) is 9.39. The van der Waals surface area contributed by atoms with Crippen molar-refractivity contribution >= 4 is 27.7 Å². The lowest BCUT2D eigenvalue weighted by Gasteiger charge is -2.19. The van der Waals surface area contributed by atoms with Gasteiger partial charge in [0, 0.05) is 19.2 Å². The fourth-order valence-corrected chi connectivity index (χ4v) is 5.22. The molecule has 0 aliphatic carbocycles. The van der Waals surface area contributed by atoms with E-state index in [1.807, 2.05) is 24.3 Å². The highest BCUT2D eigenvalue weighted by molar-refractivity contribution is 7.92. The predicted molar refractivity (Wildman–Crippen MR) is 126 cm³/mol. The van der Waals surface area contributed by atoms with Crippen LogP contribution < -0.4 is 9.62 Å². The highest BCUT2D eigenvalue weighted by Gasteiger charge is 2.30. The molecule has 3 rings (SSSR count). The van der Waals surface area contributed by atoms with Crippen LogP contribution in [-0.4, -0.2) is 51.9 Å². The lowest BCUT2D eigenvalue weighted by atomic mass is 10.2. The molecule has 1 heterocycles. The van der Waals surface area contributed by atoms with Crippen LogP contribution >= 0.6 is 0 Å². The minimum absolute atomic E-state index is 0.148. The summed E-state index contributed by atoms with van der Waals surface area (Å²) in [6, 6.07) is 14.2. The zero-order valence-electron chi connectivity index (χ0n) is 18.3. The SMILES string of the molecule is CCN(CC)CCCNC(=O)C=Cc1ccc(S(=O)(=O)N2CCc3ccccc32)cc1. The van der Waals surface area contributed by atoms with E-state index in [0.717, 1.165) is 49.3 Å². The van der Waals surface area contributed by atoms with Gasteiger partial charge in [-0.15, -0.1) is 0 Å². The molecule has 0 saturated carbocycles. The molecule has 2 aromatic carbocycles. The molecule has 1 aliphatic rings. The summed E-state index contributed by atoms with van der Waals surface area (Å²) < 4.78 is 27.6. The molecular formula is C24H31N3O3S. The molecule has 31 heavy (non-hydrogen) atoms. The summed E-state index contributed by atoms with van der Waals surface area (Å²) in [5, 5.41) is 2.88. The normalized spacial score (nSPS) is 13.7. The zero-order valence-corrected chi connectivity index (χ0v) is 19.1. The van der Waals surface area contributed by atoms with Crippen LogP contribution in [0, 0.1) is 0 Å². The molecule has 0 atom stereocenters. The van der Waals surface area contributed by atoms with Crippen LogP contribution in [0.4, 0.5) is 5.69 Å². The summed E-state index contributed by atoms with van der Waals surface area (Å²) in [6.07, 6.45) is 4.81. The molecule has 7 heteroatoms. The number of fused-ring (bicyclic) bond motifs is 1. The smallest absolute Gasteiger partial charge is 0.264 e. The van der Waals surface area contributed by atoms with Crippen LogP contribution in [0.15, 0.2) is 59.5 Å². The van der Waals surface area contributed by atoms with Crippen molar-refractivity contribution in [3.63, 3.8) is 0 Å². The Balaban J connectivity index is 1.56. The molecule has 0 spiro atoms. The molecule has 0 fully saturated rings. The van der Waals surface area contributed by atoms with E-state index < -0.39 is 10.0 Å². The van der Waals surface area contributed by atoms with Crippen LogP contribution in [0.1, 0.15) is 31.4 Å². The van der Waals surface area contributed by atoms with E-state index >= 15 is 0 Å². The number of amides is 1. The number of para-hydroxylation sites is 1. The first-order chi connectivity index (χ1) is 15.0. The number of nitrogens with zero attached hydrogens (tertiary/aromatic N) is 2. The number of carbonyl (C=O) groups is 1. The van der Waals surface area contributed by atoms with Gasteiger partial charge in [0.15, 0.2) is 0 Å². The molecule has 0 bridgehead atoms. The lowest BCUT2D eigenvalue weighted by molar-refractivity contribution is -0.116. The van der Waals surface area contributed by atoms with E-state index in [1.54, 1.807) is 30.3 Å². The van der Waals surface area contributed by atoms with Gasteiger partial charge in [-0.3, -0.25) is 9.10 Å². The third-order valence-corrected chi connectivity index (χ3v) is 7.41. The van der Waals surface area contributed by atoms with Gasteiger partial charge in [0.05, 0.1) is 10.6 Å². The van der Waals surface area contributed by atoms with Gasteiger partial charge in [0.2, 0.25) is 5.91 Å². The van der Waals surface area contributed by atoms with Crippen molar-refractivity contribution < 1.29 is 13.2 Å². The second-order valence-electron chi connectivity index (χ2n) is 7.53. The van der Waals surface area contributed by atoms with Crippen LogP contribution in [0.25, 0.3) is 6.08 Å². The summed E-state index contributed by atoms with van der Waals surface area (Å²) >= 11 is 0. The first-order valence-corrected chi connectivity index (χ1v) is 12.3. The molecule has 2 aromatic rings. The summed E-state index contributed by atoms with van der Waals surface area (Å²) in [5.41, 5.74) is 2.58. The Hall–Kier alpha value is -2.64. The zero-order chi connectivity index (χ0) is 22.3. The fraction of sp³-hybridized carbons (Fsp3) is 0.375. The largest absolute Gasteiger partial charge is 0.353 e. The molecule has 0 unspecified atom stereocenters. The van der Waals surface area contributed by atoms with Crippen molar-refractivity contribution in [3.05, 3.63) is 65.7 Å². The monoisotopic (exact) mass is 441 g/mol. The van der Waals surface area contributed by atoms with Gasteiger partial charge in [-0.2, -0.15) is 0 Å². The van der Waals surface area contributed by atoms with Crippen molar-refractivity contribution in [2.24, 2.45) is 0 Å². The van der Waals surface area contributed by atoms with Gasteiger partial charge >= 0.3 is 0 Å². The van der Waals surface area contributed by atoms with E-state index in [0.29, 0.717) is 13.1 Å². The number of hydrogen-bond donors (Lipinski definition) is 1. The first kappa shape index (κ1) is 23.0. The Kier molecular flexibility index (Phi) is 7.87. The molecule has 0 radical (unpaired) electrons. The maximum absolute atomic E-state index is 13.1. The third kappa shape index (κ3) is 5.74. The Morgan fingerprint density at radius 1 is 1.10 bits per heavy atom. The Morgan fingerprint density at radius 3 is 2.52 bits per heavy atom. The molecule has 1 amide bonds. The molecule has 6 nitrogen and oxygen atoms in total. The standard InChI is InChI=1S/C24H31N3O3S/c1-3-26(4-2)18-7-17-25-24(28)15-12-20-10-13-22(14-11-20)31(29,30)27-19-16-21-8-5-6-9-23(21)27/h5-6,8-15H,3-4,7,16-19H2,1-2H3,(H,25,28). The highest BCUT2D eigenvalue weighted by atomic mass is 32.2. The van der Waals surface area contributed by atoms with Gasteiger partial charge in [0.1, 0.15) is 0 Å². The van der Waals surface area contributed by atoms with E-state index in [4.69, 9.17) is 0 Å². The van der Waals surface area contributed by atoms with E-state index in [2.05, 4.69) is 24.1 Å². The number of nitrogens with one attached hydrogen (secondary N) is 1. The summed E-state index contributed by atoms with van der Waals surface area (Å²) in [4.78, 5) is 14.6. The first-order valence-electron chi connectivity index (χ1n) is 10.8. The minimum atomic E-state index is -3.60. The maximum Gasteiger partial charge on any atom is 0.264 e. The Labute approximate surface area is 185 Å². The number of benzene rings is 2. The average Bonchev–Trinajstić information content (AvgIpc) is 3.23. The molecule has 1 N–H and O–H groups in total. The van der Waals surface area contributed by atoms with Crippen molar-refractivity contribution in [2.75, 3.05) is 37.0 Å². The molecule has 0 saturated heterocycles. The van der Waals surface area contributed by atoms with Crippen LogP contribution in [0.5, 0.6) is 0 Å². The summed E-state index contributed by atoms with van der Waals surface area (Å²) in [6.45, 7) is 8.35. The molecule has 166 valence electrons. The molecule has 1 aliphatic heterocycles. The Bertz CT molecular complexity index is 1010. The number of rotatable bonds is 10.